The summed E-state index contributed by atoms with van der Waals surface area (Å²) in [6.45, 7) is 3.72. The zero-order valence-electron chi connectivity index (χ0n) is 21.4. The molecule has 1 atom stereocenters. The van der Waals surface area contributed by atoms with Crippen LogP contribution in [0.1, 0.15) is 101 Å². The quantitative estimate of drug-likeness (QED) is 0.174. The molecule has 0 saturated carbocycles. The number of benzene rings is 1. The molecule has 8 heteroatoms. The first-order valence-electron chi connectivity index (χ1n) is 13.2. The molecule has 0 saturated heterocycles. The van der Waals surface area contributed by atoms with Crippen LogP contribution < -0.4 is 21.5 Å². The molecule has 0 heterocycles. The zero-order chi connectivity index (χ0) is 25.7. The van der Waals surface area contributed by atoms with E-state index in [4.69, 9.17) is 20.9 Å². The van der Waals surface area contributed by atoms with Crippen LogP contribution in [0, 0.1) is 0 Å². The van der Waals surface area contributed by atoms with Gasteiger partial charge in [0.15, 0.2) is 0 Å². The van der Waals surface area contributed by atoms with E-state index in [0.717, 1.165) is 38.5 Å². The third-order valence-electron chi connectivity index (χ3n) is 5.76. The Kier molecular flexibility index (Phi) is 17.1. The van der Waals surface area contributed by atoms with Crippen molar-refractivity contribution in [3.63, 3.8) is 0 Å². The number of nitrogens with one attached hydrogen (secondary N) is 1. The van der Waals surface area contributed by atoms with Gasteiger partial charge in [0, 0.05) is 6.42 Å². The maximum absolute atomic E-state index is 12.1. The van der Waals surface area contributed by atoms with E-state index in [1.807, 2.05) is 0 Å². The van der Waals surface area contributed by atoms with E-state index >= 15 is 0 Å². The van der Waals surface area contributed by atoms with Gasteiger partial charge < -0.3 is 26.3 Å². The molecule has 1 rings (SSSR count). The van der Waals surface area contributed by atoms with Crippen LogP contribution in [0.2, 0.25) is 0 Å². The number of primary amides is 1. The van der Waals surface area contributed by atoms with Crippen LogP contribution in [0.3, 0.4) is 0 Å². The van der Waals surface area contributed by atoms with Crippen LogP contribution in [0.5, 0.6) is 5.75 Å². The minimum absolute atomic E-state index is 0.165. The Labute approximate surface area is 210 Å². The van der Waals surface area contributed by atoms with Crippen LogP contribution in [0.25, 0.3) is 0 Å². The molecule has 0 bridgehead atoms. The molecule has 1 aromatic rings. The number of ether oxygens (including phenoxy) is 2. The lowest BCUT2D eigenvalue weighted by molar-refractivity contribution is -0.127. The van der Waals surface area contributed by atoms with E-state index in [-0.39, 0.29) is 11.9 Å². The molecule has 35 heavy (non-hydrogen) atoms. The molecule has 2 amide bonds. The van der Waals surface area contributed by atoms with Crippen LogP contribution in [0.15, 0.2) is 24.3 Å². The van der Waals surface area contributed by atoms with Gasteiger partial charge in [-0.3, -0.25) is 9.59 Å². The Bertz CT molecular complexity index is 724. The van der Waals surface area contributed by atoms with E-state index in [2.05, 4.69) is 12.2 Å². The number of nitrogens with two attached hydrogens (primary N) is 2. The summed E-state index contributed by atoms with van der Waals surface area (Å²) < 4.78 is 11.1. The van der Waals surface area contributed by atoms with Crippen LogP contribution >= 0.6 is 0 Å². The highest BCUT2D eigenvalue weighted by atomic mass is 16.5. The second-order valence-corrected chi connectivity index (χ2v) is 8.89. The molecule has 0 aliphatic rings. The summed E-state index contributed by atoms with van der Waals surface area (Å²) >= 11 is 0. The topological polar surface area (TPSA) is 134 Å². The summed E-state index contributed by atoms with van der Waals surface area (Å²) in [7, 11) is 0. The van der Waals surface area contributed by atoms with Gasteiger partial charge in [-0.1, -0.05) is 39.0 Å². The van der Waals surface area contributed by atoms with Crippen LogP contribution in [0.4, 0.5) is 0 Å². The lowest BCUT2D eigenvalue weighted by Gasteiger charge is -2.15. The molecule has 0 radical (unpaired) electrons. The molecular weight excluding hydrogens is 446 g/mol. The molecule has 1 aromatic carbocycles. The molecule has 0 aromatic heterocycles. The number of carbonyl (C=O) groups is 3. The zero-order valence-corrected chi connectivity index (χ0v) is 21.4. The first-order chi connectivity index (χ1) is 17.0. The highest BCUT2D eigenvalue weighted by molar-refractivity contribution is 5.89. The molecule has 1 unspecified atom stereocenters. The summed E-state index contributed by atoms with van der Waals surface area (Å²) in [5.74, 6) is -0.291. The highest BCUT2D eigenvalue weighted by Crippen LogP contribution is 2.14. The Morgan fingerprint density at radius 1 is 0.857 bits per heavy atom. The molecule has 198 valence electrons. The number of amides is 2. The molecule has 8 nitrogen and oxygen atoms in total. The average molecular weight is 492 g/mol. The first kappa shape index (κ1) is 30.4. The van der Waals surface area contributed by atoms with Crippen molar-refractivity contribution in [3.05, 3.63) is 29.8 Å². The fraction of sp³-hybridized carbons (Fsp3) is 0.667. The molecule has 0 aliphatic heterocycles. The van der Waals surface area contributed by atoms with E-state index < -0.39 is 11.9 Å². The molecule has 0 aliphatic carbocycles. The standard InChI is InChI=1S/C27H45N3O5/c1-2-3-4-5-6-11-21-35-27(33)22-15-17-23(18-16-22)34-20-12-7-8-14-25(31)30-24(26(29)32)13-9-10-19-28/h15-18,24H,2-14,19-21,28H2,1H3,(H2,29,32)(H,30,31). The van der Waals surface area contributed by atoms with Gasteiger partial charge in [0.25, 0.3) is 0 Å². The van der Waals surface area contributed by atoms with Crippen molar-refractivity contribution < 1.29 is 23.9 Å². The van der Waals surface area contributed by atoms with Crippen molar-refractivity contribution in [3.8, 4) is 5.75 Å². The van der Waals surface area contributed by atoms with E-state index in [1.54, 1.807) is 24.3 Å². The van der Waals surface area contributed by atoms with Gasteiger partial charge in [-0.25, -0.2) is 4.79 Å². The minimum Gasteiger partial charge on any atom is -0.494 e. The Morgan fingerprint density at radius 2 is 1.51 bits per heavy atom. The minimum atomic E-state index is -0.631. The van der Waals surface area contributed by atoms with Crippen molar-refractivity contribution in [1.82, 2.24) is 5.32 Å². The fourth-order valence-corrected chi connectivity index (χ4v) is 3.62. The van der Waals surface area contributed by atoms with Gasteiger partial charge >= 0.3 is 5.97 Å². The molecule has 0 spiro atoms. The summed E-state index contributed by atoms with van der Waals surface area (Å²) in [6.07, 6.45) is 11.6. The lowest BCUT2D eigenvalue weighted by atomic mass is 10.1. The Morgan fingerprint density at radius 3 is 2.20 bits per heavy atom. The third kappa shape index (κ3) is 15.1. The van der Waals surface area contributed by atoms with E-state index in [1.165, 1.54) is 25.7 Å². The van der Waals surface area contributed by atoms with Gasteiger partial charge in [0.1, 0.15) is 11.8 Å². The molecule has 5 N–H and O–H groups in total. The third-order valence-corrected chi connectivity index (χ3v) is 5.76. The maximum atomic E-state index is 12.1. The normalized spacial score (nSPS) is 11.6. The van der Waals surface area contributed by atoms with Crippen molar-refractivity contribution in [2.24, 2.45) is 11.5 Å². The maximum Gasteiger partial charge on any atom is 0.338 e. The summed E-state index contributed by atoms with van der Waals surface area (Å²) in [5.41, 5.74) is 11.3. The SMILES string of the molecule is CCCCCCCCOC(=O)c1ccc(OCCCCCC(=O)NC(CCCCN)C(N)=O)cc1. The second-order valence-electron chi connectivity index (χ2n) is 8.89. The summed E-state index contributed by atoms with van der Waals surface area (Å²) in [5, 5.41) is 2.71. The fourth-order valence-electron chi connectivity index (χ4n) is 3.62. The highest BCUT2D eigenvalue weighted by Gasteiger charge is 2.17. The average Bonchev–Trinajstić information content (AvgIpc) is 2.85. The van der Waals surface area contributed by atoms with E-state index in [9.17, 15) is 14.4 Å². The predicted molar refractivity (Wildman–Crippen MR) is 138 cm³/mol. The van der Waals surface area contributed by atoms with Gasteiger partial charge in [-0.2, -0.15) is 0 Å². The number of esters is 1. The number of unbranched alkanes of at least 4 members (excludes halogenated alkanes) is 8. The monoisotopic (exact) mass is 491 g/mol. The Hall–Kier alpha value is -2.61. The van der Waals surface area contributed by atoms with Crippen molar-refractivity contribution in [2.75, 3.05) is 19.8 Å². The second kappa shape index (κ2) is 19.7. The van der Waals surface area contributed by atoms with Crippen molar-refractivity contribution in [2.45, 2.75) is 96.4 Å². The number of hydrogen-bond acceptors (Lipinski definition) is 6. The smallest absolute Gasteiger partial charge is 0.338 e. The van der Waals surface area contributed by atoms with Crippen LogP contribution in [-0.4, -0.2) is 43.6 Å². The number of carbonyl (C=O) groups excluding carboxylic acids is 3. The predicted octanol–water partition coefficient (Wildman–Crippen LogP) is 4.24. The summed E-state index contributed by atoms with van der Waals surface area (Å²) in [4.78, 5) is 35.6. The lowest BCUT2D eigenvalue weighted by Crippen LogP contribution is -2.44. The van der Waals surface area contributed by atoms with Gasteiger partial charge in [0.05, 0.1) is 18.8 Å². The Balaban J connectivity index is 2.15. The van der Waals surface area contributed by atoms with Crippen LogP contribution in [-0.2, 0) is 14.3 Å². The molecular formula is C27H45N3O5. The number of hydrogen-bond donors (Lipinski definition) is 3. The van der Waals surface area contributed by atoms with Gasteiger partial charge in [0.2, 0.25) is 11.8 Å². The van der Waals surface area contributed by atoms with Gasteiger partial charge in [-0.05, 0) is 75.8 Å². The number of rotatable bonds is 21. The molecule has 0 fully saturated rings. The van der Waals surface area contributed by atoms with Gasteiger partial charge in [-0.15, -0.1) is 0 Å². The summed E-state index contributed by atoms with van der Waals surface area (Å²) in [6, 6.07) is 6.33. The van der Waals surface area contributed by atoms with Crippen molar-refractivity contribution >= 4 is 17.8 Å². The van der Waals surface area contributed by atoms with E-state index in [0.29, 0.717) is 50.3 Å². The first-order valence-corrected chi connectivity index (χ1v) is 13.2. The van der Waals surface area contributed by atoms with Crippen molar-refractivity contribution in [1.29, 1.82) is 0 Å². The largest absolute Gasteiger partial charge is 0.494 e.